The molecular formula is C19H22N2O4. The average molecular weight is 342 g/mol. The van der Waals surface area contributed by atoms with Crippen LogP contribution in [0.15, 0.2) is 34.9 Å². The SMILES string of the molecule is Cc1ccc(-c2cnc(CCC(=O)NC3(C(=O)O)CCCC3)o2)cc1. The summed E-state index contributed by atoms with van der Waals surface area (Å²) in [6.07, 6.45) is 4.78. The number of aromatic nitrogens is 1. The van der Waals surface area contributed by atoms with Crippen LogP contribution in [0.4, 0.5) is 0 Å². The van der Waals surface area contributed by atoms with Crippen molar-refractivity contribution in [3.05, 3.63) is 41.9 Å². The first-order valence-corrected chi connectivity index (χ1v) is 8.55. The fourth-order valence-electron chi connectivity index (χ4n) is 3.20. The third-order valence-corrected chi connectivity index (χ3v) is 4.70. The van der Waals surface area contributed by atoms with Crippen LogP contribution in [0.3, 0.4) is 0 Å². The molecule has 2 N–H and O–H groups in total. The highest BCUT2D eigenvalue weighted by Gasteiger charge is 2.42. The van der Waals surface area contributed by atoms with E-state index in [0.29, 0.717) is 30.9 Å². The summed E-state index contributed by atoms with van der Waals surface area (Å²) in [7, 11) is 0. The molecule has 6 heteroatoms. The number of amides is 1. The Hall–Kier alpha value is -2.63. The van der Waals surface area contributed by atoms with Gasteiger partial charge in [-0.15, -0.1) is 0 Å². The molecule has 0 unspecified atom stereocenters. The first kappa shape index (κ1) is 17.2. The number of oxazole rings is 1. The first-order valence-electron chi connectivity index (χ1n) is 8.55. The zero-order valence-electron chi connectivity index (χ0n) is 14.2. The molecule has 1 aliphatic rings. The third-order valence-electron chi connectivity index (χ3n) is 4.70. The molecule has 1 aromatic carbocycles. The number of aliphatic carboxylic acids is 1. The van der Waals surface area contributed by atoms with Crippen molar-refractivity contribution >= 4 is 11.9 Å². The highest BCUT2D eigenvalue weighted by atomic mass is 16.4. The van der Waals surface area contributed by atoms with Gasteiger partial charge in [0.05, 0.1) is 6.20 Å². The summed E-state index contributed by atoms with van der Waals surface area (Å²) in [5.41, 5.74) is 1.00. The molecule has 2 aromatic rings. The van der Waals surface area contributed by atoms with Gasteiger partial charge in [-0.3, -0.25) is 4.79 Å². The monoisotopic (exact) mass is 342 g/mol. The molecule has 0 aliphatic heterocycles. The normalized spacial score (nSPS) is 15.9. The molecule has 0 atom stereocenters. The number of nitrogens with zero attached hydrogens (tertiary/aromatic N) is 1. The van der Waals surface area contributed by atoms with Crippen LogP contribution in [0.2, 0.25) is 0 Å². The number of carbonyl (C=O) groups is 2. The lowest BCUT2D eigenvalue weighted by atomic mass is 9.97. The molecule has 0 radical (unpaired) electrons. The highest BCUT2D eigenvalue weighted by molar-refractivity contribution is 5.87. The average Bonchev–Trinajstić information content (AvgIpc) is 3.24. The molecule has 0 saturated heterocycles. The van der Waals surface area contributed by atoms with Crippen molar-refractivity contribution in [2.75, 3.05) is 0 Å². The van der Waals surface area contributed by atoms with E-state index in [1.165, 1.54) is 5.56 Å². The Labute approximate surface area is 146 Å². The van der Waals surface area contributed by atoms with Crippen LogP contribution in [0.5, 0.6) is 0 Å². The first-order chi connectivity index (χ1) is 12.0. The maximum Gasteiger partial charge on any atom is 0.329 e. The fourth-order valence-corrected chi connectivity index (χ4v) is 3.20. The Morgan fingerprint density at radius 3 is 2.56 bits per heavy atom. The number of carboxylic acids is 1. The van der Waals surface area contributed by atoms with Crippen LogP contribution < -0.4 is 5.32 Å². The minimum absolute atomic E-state index is 0.156. The van der Waals surface area contributed by atoms with Gasteiger partial charge < -0.3 is 14.8 Å². The van der Waals surface area contributed by atoms with E-state index in [9.17, 15) is 14.7 Å². The van der Waals surface area contributed by atoms with E-state index in [4.69, 9.17) is 4.42 Å². The van der Waals surface area contributed by atoms with E-state index >= 15 is 0 Å². The van der Waals surface area contributed by atoms with Gasteiger partial charge in [0.2, 0.25) is 5.91 Å². The van der Waals surface area contributed by atoms with E-state index in [-0.39, 0.29) is 12.3 Å². The summed E-state index contributed by atoms with van der Waals surface area (Å²) in [6, 6.07) is 7.92. The Balaban J connectivity index is 1.57. The molecule has 1 aliphatic carbocycles. The standard InChI is InChI=1S/C19H22N2O4/c1-13-4-6-14(7-5-13)15-12-20-17(25-15)9-8-16(22)21-19(18(23)24)10-2-3-11-19/h4-7,12H,2-3,8-11H2,1H3,(H,21,22)(H,23,24). The molecule has 25 heavy (non-hydrogen) atoms. The molecule has 1 amide bonds. The van der Waals surface area contributed by atoms with Gasteiger partial charge in [0.25, 0.3) is 0 Å². The van der Waals surface area contributed by atoms with Crippen LogP contribution in [0, 0.1) is 6.92 Å². The Morgan fingerprint density at radius 2 is 1.92 bits per heavy atom. The molecule has 1 fully saturated rings. The van der Waals surface area contributed by atoms with Crippen LogP contribution >= 0.6 is 0 Å². The predicted molar refractivity (Wildman–Crippen MR) is 92.0 cm³/mol. The molecule has 6 nitrogen and oxygen atoms in total. The second-order valence-corrected chi connectivity index (χ2v) is 6.63. The number of nitrogens with one attached hydrogen (secondary N) is 1. The molecular weight excluding hydrogens is 320 g/mol. The van der Waals surface area contributed by atoms with E-state index in [0.717, 1.165) is 18.4 Å². The number of aryl methyl sites for hydroxylation is 2. The largest absolute Gasteiger partial charge is 0.480 e. The number of hydrogen-bond acceptors (Lipinski definition) is 4. The summed E-state index contributed by atoms with van der Waals surface area (Å²) in [6.45, 7) is 2.02. The zero-order valence-corrected chi connectivity index (χ0v) is 14.2. The van der Waals surface area contributed by atoms with Crippen molar-refractivity contribution in [2.45, 2.75) is 51.0 Å². The van der Waals surface area contributed by atoms with Crippen LogP contribution in [0.1, 0.15) is 43.6 Å². The van der Waals surface area contributed by atoms with Gasteiger partial charge >= 0.3 is 5.97 Å². The van der Waals surface area contributed by atoms with Crippen molar-refractivity contribution in [1.29, 1.82) is 0 Å². The van der Waals surface area contributed by atoms with E-state index < -0.39 is 11.5 Å². The minimum Gasteiger partial charge on any atom is -0.480 e. The third kappa shape index (κ3) is 3.90. The van der Waals surface area contributed by atoms with Gasteiger partial charge in [0.15, 0.2) is 11.7 Å². The van der Waals surface area contributed by atoms with Gasteiger partial charge in [-0.2, -0.15) is 0 Å². The van der Waals surface area contributed by atoms with E-state index in [2.05, 4.69) is 10.3 Å². The van der Waals surface area contributed by atoms with Gasteiger partial charge in [0, 0.05) is 18.4 Å². The number of rotatable bonds is 6. The summed E-state index contributed by atoms with van der Waals surface area (Å²) in [4.78, 5) is 27.8. The van der Waals surface area contributed by atoms with Gasteiger partial charge in [0.1, 0.15) is 5.54 Å². The van der Waals surface area contributed by atoms with Crippen molar-refractivity contribution in [3.63, 3.8) is 0 Å². The molecule has 132 valence electrons. The summed E-state index contributed by atoms with van der Waals surface area (Å²) < 4.78 is 5.70. The molecule has 3 rings (SSSR count). The predicted octanol–water partition coefficient (Wildman–Crippen LogP) is 3.10. The number of carboxylic acid groups (broad SMARTS) is 1. The Kier molecular flexibility index (Phi) is 4.88. The lowest BCUT2D eigenvalue weighted by Crippen LogP contribution is -2.52. The van der Waals surface area contributed by atoms with E-state index in [1.807, 2.05) is 31.2 Å². The van der Waals surface area contributed by atoms with Crippen LogP contribution in [0.25, 0.3) is 11.3 Å². The fraction of sp³-hybridized carbons (Fsp3) is 0.421. The maximum absolute atomic E-state index is 12.2. The topological polar surface area (TPSA) is 92.4 Å². The molecule has 0 bridgehead atoms. The summed E-state index contributed by atoms with van der Waals surface area (Å²) in [5, 5.41) is 12.1. The molecule has 1 saturated carbocycles. The summed E-state index contributed by atoms with van der Waals surface area (Å²) >= 11 is 0. The minimum atomic E-state index is -1.10. The quantitative estimate of drug-likeness (QED) is 0.841. The number of benzene rings is 1. The van der Waals surface area contributed by atoms with E-state index in [1.54, 1.807) is 6.20 Å². The van der Waals surface area contributed by atoms with Gasteiger partial charge in [-0.25, -0.2) is 9.78 Å². The second-order valence-electron chi connectivity index (χ2n) is 6.63. The highest BCUT2D eigenvalue weighted by Crippen LogP contribution is 2.30. The smallest absolute Gasteiger partial charge is 0.329 e. The van der Waals surface area contributed by atoms with Crippen molar-refractivity contribution in [2.24, 2.45) is 0 Å². The molecule has 1 aromatic heterocycles. The number of carbonyl (C=O) groups excluding carboxylic acids is 1. The van der Waals surface area contributed by atoms with Crippen molar-refractivity contribution in [3.8, 4) is 11.3 Å². The summed E-state index contributed by atoms with van der Waals surface area (Å²) in [5.74, 6) is -0.0924. The molecule has 1 heterocycles. The van der Waals surface area contributed by atoms with Gasteiger partial charge in [-0.05, 0) is 19.8 Å². The second kappa shape index (κ2) is 7.09. The van der Waals surface area contributed by atoms with Gasteiger partial charge in [-0.1, -0.05) is 42.7 Å². The lowest BCUT2D eigenvalue weighted by Gasteiger charge is -2.25. The van der Waals surface area contributed by atoms with Crippen molar-refractivity contribution < 1.29 is 19.1 Å². The Bertz CT molecular complexity index is 758. The molecule has 0 spiro atoms. The number of hydrogen-bond donors (Lipinski definition) is 2. The lowest BCUT2D eigenvalue weighted by molar-refractivity contribution is -0.147. The van der Waals surface area contributed by atoms with Crippen molar-refractivity contribution in [1.82, 2.24) is 10.3 Å². The zero-order chi connectivity index (χ0) is 17.9. The van der Waals surface area contributed by atoms with Crippen LogP contribution in [-0.2, 0) is 16.0 Å². The Morgan fingerprint density at radius 1 is 1.24 bits per heavy atom. The maximum atomic E-state index is 12.2. The van der Waals surface area contributed by atoms with Crippen LogP contribution in [-0.4, -0.2) is 27.5 Å².